The fourth-order valence-electron chi connectivity index (χ4n) is 2.44. The molecular formula is C18H18N2O3S. The predicted molar refractivity (Wildman–Crippen MR) is 95.0 cm³/mol. The van der Waals surface area contributed by atoms with Crippen LogP contribution in [0.15, 0.2) is 53.7 Å². The average Bonchev–Trinajstić information content (AvgIpc) is 2.98. The Hall–Kier alpha value is -2.47. The van der Waals surface area contributed by atoms with Crippen LogP contribution >= 0.6 is 11.8 Å². The van der Waals surface area contributed by atoms with Crippen molar-refractivity contribution in [1.82, 2.24) is 9.55 Å². The van der Waals surface area contributed by atoms with E-state index >= 15 is 0 Å². The zero-order chi connectivity index (χ0) is 17.1. The van der Waals surface area contributed by atoms with Crippen LogP contribution in [0.5, 0.6) is 5.75 Å². The maximum atomic E-state index is 11.8. The molecule has 0 saturated carbocycles. The van der Waals surface area contributed by atoms with Crippen LogP contribution in [0.25, 0.3) is 16.7 Å². The second-order valence-electron chi connectivity index (χ2n) is 5.20. The fraction of sp³-hybridized carbons (Fsp3) is 0.222. The van der Waals surface area contributed by atoms with E-state index in [1.165, 1.54) is 18.9 Å². The number of esters is 1. The van der Waals surface area contributed by atoms with E-state index < -0.39 is 0 Å². The van der Waals surface area contributed by atoms with Crippen molar-refractivity contribution in [2.45, 2.75) is 17.3 Å². The summed E-state index contributed by atoms with van der Waals surface area (Å²) in [4.78, 5) is 16.4. The first-order valence-corrected chi connectivity index (χ1v) is 8.38. The number of ether oxygens (including phenoxy) is 2. The van der Waals surface area contributed by atoms with Gasteiger partial charge in [0.15, 0.2) is 5.16 Å². The number of para-hydroxylation sites is 2. The number of rotatable bonds is 5. The molecule has 0 bridgehead atoms. The van der Waals surface area contributed by atoms with Crippen molar-refractivity contribution in [3.63, 3.8) is 0 Å². The number of fused-ring (bicyclic) bond motifs is 1. The standard InChI is InChI=1S/C18H18N2O3S/c1-12(17(21)23-3)24-18-19-15-6-4-5-7-16(15)20(18)13-8-10-14(22-2)11-9-13/h4-12H,1-3H3. The molecule has 24 heavy (non-hydrogen) atoms. The highest BCUT2D eigenvalue weighted by Gasteiger charge is 2.20. The summed E-state index contributed by atoms with van der Waals surface area (Å²) in [7, 11) is 3.03. The highest BCUT2D eigenvalue weighted by Crippen LogP contribution is 2.31. The molecule has 0 aliphatic carbocycles. The summed E-state index contributed by atoms with van der Waals surface area (Å²) in [5, 5.41) is 0.406. The molecule has 2 aromatic carbocycles. The van der Waals surface area contributed by atoms with Gasteiger partial charge < -0.3 is 9.47 Å². The van der Waals surface area contributed by atoms with Gasteiger partial charge >= 0.3 is 5.97 Å². The van der Waals surface area contributed by atoms with Crippen LogP contribution in [0.2, 0.25) is 0 Å². The van der Waals surface area contributed by atoms with Gasteiger partial charge in [-0.2, -0.15) is 0 Å². The third kappa shape index (κ3) is 3.10. The van der Waals surface area contributed by atoms with Crippen molar-refractivity contribution in [1.29, 1.82) is 0 Å². The highest BCUT2D eigenvalue weighted by molar-refractivity contribution is 8.00. The van der Waals surface area contributed by atoms with Gasteiger partial charge in [0.25, 0.3) is 0 Å². The molecule has 1 heterocycles. The summed E-state index contributed by atoms with van der Waals surface area (Å²) in [6, 6.07) is 15.7. The van der Waals surface area contributed by atoms with E-state index in [0.29, 0.717) is 0 Å². The lowest BCUT2D eigenvalue weighted by molar-refractivity contribution is -0.139. The number of hydrogen-bond acceptors (Lipinski definition) is 5. The SMILES string of the molecule is COC(=O)C(C)Sc1nc2ccccc2n1-c1ccc(OC)cc1. The summed E-state index contributed by atoms with van der Waals surface area (Å²) in [6.07, 6.45) is 0. The second kappa shape index (κ2) is 6.97. The number of thioether (sulfide) groups is 1. The average molecular weight is 342 g/mol. The summed E-state index contributed by atoms with van der Waals surface area (Å²) in [5.41, 5.74) is 2.83. The van der Waals surface area contributed by atoms with Crippen LogP contribution in [0.1, 0.15) is 6.92 Å². The first-order valence-electron chi connectivity index (χ1n) is 7.50. The minimum absolute atomic E-state index is 0.270. The summed E-state index contributed by atoms with van der Waals surface area (Å²) < 4.78 is 12.1. The van der Waals surface area contributed by atoms with Crippen LogP contribution < -0.4 is 4.74 Å². The van der Waals surface area contributed by atoms with E-state index in [4.69, 9.17) is 9.47 Å². The molecule has 0 amide bonds. The van der Waals surface area contributed by atoms with Gasteiger partial charge in [-0.3, -0.25) is 9.36 Å². The number of carbonyl (C=O) groups excluding carboxylic acids is 1. The molecule has 124 valence electrons. The lowest BCUT2D eigenvalue weighted by Gasteiger charge is -2.12. The van der Waals surface area contributed by atoms with Gasteiger partial charge in [0.1, 0.15) is 11.0 Å². The maximum Gasteiger partial charge on any atom is 0.318 e. The van der Waals surface area contributed by atoms with E-state index in [2.05, 4.69) is 4.98 Å². The molecule has 1 atom stereocenters. The lowest BCUT2D eigenvalue weighted by Crippen LogP contribution is -2.15. The van der Waals surface area contributed by atoms with Crippen molar-refractivity contribution >= 4 is 28.8 Å². The summed E-state index contributed by atoms with van der Waals surface area (Å²) >= 11 is 1.38. The lowest BCUT2D eigenvalue weighted by atomic mass is 10.2. The molecule has 1 unspecified atom stereocenters. The maximum absolute atomic E-state index is 11.8. The Bertz CT molecular complexity index is 858. The Kier molecular flexibility index (Phi) is 4.76. The monoisotopic (exact) mass is 342 g/mol. The first kappa shape index (κ1) is 16.4. The Morgan fingerprint density at radius 1 is 1.12 bits per heavy atom. The first-order chi connectivity index (χ1) is 11.6. The van der Waals surface area contributed by atoms with Gasteiger partial charge in [-0.25, -0.2) is 4.98 Å². The molecule has 0 radical (unpaired) electrons. The van der Waals surface area contributed by atoms with E-state index in [-0.39, 0.29) is 11.2 Å². The van der Waals surface area contributed by atoms with Crippen LogP contribution in [-0.2, 0) is 9.53 Å². The quantitative estimate of drug-likeness (QED) is 0.523. The molecule has 5 nitrogen and oxygen atoms in total. The predicted octanol–water partition coefficient (Wildman–Crippen LogP) is 3.69. The normalized spacial score (nSPS) is 12.1. The van der Waals surface area contributed by atoms with Crippen molar-refractivity contribution in [3.05, 3.63) is 48.5 Å². The van der Waals surface area contributed by atoms with E-state index in [1.54, 1.807) is 7.11 Å². The largest absolute Gasteiger partial charge is 0.497 e. The van der Waals surface area contributed by atoms with Gasteiger partial charge in [-0.05, 0) is 43.3 Å². The third-order valence-corrected chi connectivity index (χ3v) is 4.71. The molecule has 0 aliphatic rings. The molecule has 0 fully saturated rings. The Balaban J connectivity index is 2.09. The van der Waals surface area contributed by atoms with Crippen molar-refractivity contribution < 1.29 is 14.3 Å². The molecule has 6 heteroatoms. The van der Waals surface area contributed by atoms with Gasteiger partial charge in [0.05, 0.1) is 25.3 Å². The van der Waals surface area contributed by atoms with Crippen molar-refractivity contribution in [3.8, 4) is 11.4 Å². The molecule has 3 aromatic rings. The number of aromatic nitrogens is 2. The van der Waals surface area contributed by atoms with Crippen LogP contribution in [0, 0.1) is 0 Å². The molecule has 3 rings (SSSR count). The van der Waals surface area contributed by atoms with E-state index in [1.807, 2.05) is 60.0 Å². The molecule has 0 N–H and O–H groups in total. The van der Waals surface area contributed by atoms with Gasteiger partial charge in [0, 0.05) is 5.69 Å². The number of hydrogen-bond donors (Lipinski definition) is 0. The summed E-state index contributed by atoms with van der Waals surface area (Å²) in [6.45, 7) is 1.81. The van der Waals surface area contributed by atoms with E-state index in [0.717, 1.165) is 27.6 Å². The topological polar surface area (TPSA) is 53.3 Å². The Labute approximate surface area is 144 Å². The molecule has 1 aromatic heterocycles. The van der Waals surface area contributed by atoms with Gasteiger partial charge in [0.2, 0.25) is 0 Å². The van der Waals surface area contributed by atoms with Crippen LogP contribution in [0.3, 0.4) is 0 Å². The number of benzene rings is 2. The van der Waals surface area contributed by atoms with Gasteiger partial charge in [-0.15, -0.1) is 0 Å². The molecular weight excluding hydrogens is 324 g/mol. The number of nitrogens with zero attached hydrogens (tertiary/aromatic N) is 2. The smallest absolute Gasteiger partial charge is 0.318 e. The third-order valence-electron chi connectivity index (χ3n) is 3.68. The van der Waals surface area contributed by atoms with Gasteiger partial charge in [-0.1, -0.05) is 23.9 Å². The van der Waals surface area contributed by atoms with Crippen LogP contribution in [-0.4, -0.2) is 35.0 Å². The molecule has 0 saturated heterocycles. The molecule has 0 aliphatic heterocycles. The Morgan fingerprint density at radius 2 is 1.83 bits per heavy atom. The fourth-order valence-corrected chi connectivity index (χ4v) is 3.40. The Morgan fingerprint density at radius 3 is 2.50 bits per heavy atom. The van der Waals surface area contributed by atoms with Crippen molar-refractivity contribution in [2.75, 3.05) is 14.2 Å². The number of carbonyl (C=O) groups is 1. The number of imidazole rings is 1. The second-order valence-corrected chi connectivity index (χ2v) is 6.51. The number of methoxy groups -OCH3 is 2. The zero-order valence-corrected chi connectivity index (χ0v) is 14.5. The minimum atomic E-state index is -0.344. The van der Waals surface area contributed by atoms with E-state index in [9.17, 15) is 4.79 Å². The molecule has 0 spiro atoms. The highest BCUT2D eigenvalue weighted by atomic mass is 32.2. The zero-order valence-electron chi connectivity index (χ0n) is 13.7. The summed E-state index contributed by atoms with van der Waals surface area (Å²) in [5.74, 6) is 0.522. The van der Waals surface area contributed by atoms with Crippen LogP contribution in [0.4, 0.5) is 0 Å². The van der Waals surface area contributed by atoms with Crippen molar-refractivity contribution in [2.24, 2.45) is 0 Å². The minimum Gasteiger partial charge on any atom is -0.497 e.